The molecule has 2 aromatic carbocycles. The van der Waals surface area contributed by atoms with E-state index in [1.807, 2.05) is 0 Å². The van der Waals surface area contributed by atoms with E-state index in [1.165, 1.54) is 24.3 Å². The number of ether oxygens (including phenoxy) is 1. The molecule has 1 amide bonds. The highest BCUT2D eigenvalue weighted by atomic mass is 19.1. The van der Waals surface area contributed by atoms with Crippen molar-refractivity contribution in [3.63, 3.8) is 0 Å². The zero-order valence-corrected chi connectivity index (χ0v) is 14.1. The number of hydrogen-bond donors (Lipinski definition) is 2. The predicted molar refractivity (Wildman–Crippen MR) is 92.1 cm³/mol. The molecule has 0 aliphatic carbocycles. The zero-order valence-electron chi connectivity index (χ0n) is 14.1. The van der Waals surface area contributed by atoms with Crippen LogP contribution in [0.25, 0.3) is 0 Å². The highest BCUT2D eigenvalue weighted by Crippen LogP contribution is 2.21. The topological polar surface area (TPSA) is 75.6 Å². The first-order valence-corrected chi connectivity index (χ1v) is 7.83. The Hall–Kier alpha value is -2.89. The minimum atomic E-state index is -1.15. The zero-order chi connectivity index (χ0) is 18.4. The van der Waals surface area contributed by atoms with Gasteiger partial charge in [-0.25, -0.2) is 4.39 Å². The summed E-state index contributed by atoms with van der Waals surface area (Å²) in [6, 6.07) is 12.4. The Morgan fingerprint density at radius 2 is 1.68 bits per heavy atom. The number of carboxylic acids is 1. The van der Waals surface area contributed by atoms with Gasteiger partial charge in [0, 0.05) is 12.1 Å². The average Bonchev–Trinajstić information content (AvgIpc) is 2.56. The van der Waals surface area contributed by atoms with Gasteiger partial charge in [0.05, 0.1) is 0 Å². The smallest absolute Gasteiger partial charge is 0.303 e. The Morgan fingerprint density at radius 3 is 2.24 bits per heavy atom. The van der Waals surface area contributed by atoms with Crippen molar-refractivity contribution in [1.29, 1.82) is 0 Å². The van der Waals surface area contributed by atoms with E-state index in [0.717, 1.165) is 5.56 Å². The molecule has 132 valence electrons. The van der Waals surface area contributed by atoms with Gasteiger partial charge in [0.15, 0.2) is 5.60 Å². The third-order valence-electron chi connectivity index (χ3n) is 3.57. The molecule has 0 unspecified atom stereocenters. The van der Waals surface area contributed by atoms with Crippen molar-refractivity contribution in [2.24, 2.45) is 0 Å². The van der Waals surface area contributed by atoms with Crippen LogP contribution in [-0.2, 0) is 16.0 Å². The van der Waals surface area contributed by atoms with Gasteiger partial charge < -0.3 is 15.2 Å². The summed E-state index contributed by atoms with van der Waals surface area (Å²) in [6.07, 6.45) is 0.493. The van der Waals surface area contributed by atoms with Gasteiger partial charge in [0.1, 0.15) is 11.6 Å². The number of nitrogens with one attached hydrogen (secondary N) is 1. The van der Waals surface area contributed by atoms with Gasteiger partial charge in [0.2, 0.25) is 0 Å². The molecule has 0 bridgehead atoms. The molecule has 2 rings (SSSR count). The standard InChI is InChI=1S/C19H20FNO4/c1-19(2,25-16-10-6-14(20)7-11-16)18(24)21-15-8-3-13(4-9-15)5-12-17(22)23/h3-4,6-11H,5,12H2,1-2H3,(H,21,24)(H,22,23). The summed E-state index contributed by atoms with van der Waals surface area (Å²) in [5, 5.41) is 11.4. The van der Waals surface area contributed by atoms with E-state index in [4.69, 9.17) is 9.84 Å². The summed E-state index contributed by atoms with van der Waals surface area (Å²) < 4.78 is 18.6. The maximum Gasteiger partial charge on any atom is 0.303 e. The molecule has 2 aromatic rings. The number of benzene rings is 2. The fraction of sp³-hybridized carbons (Fsp3) is 0.263. The molecule has 0 atom stereocenters. The number of aliphatic carboxylic acids is 1. The summed E-state index contributed by atoms with van der Waals surface area (Å²) in [6.45, 7) is 3.24. The second-order valence-corrected chi connectivity index (χ2v) is 6.11. The van der Waals surface area contributed by atoms with Crippen LogP contribution in [0.4, 0.5) is 10.1 Å². The molecular weight excluding hydrogens is 325 g/mol. The second kappa shape index (κ2) is 7.79. The van der Waals surface area contributed by atoms with Gasteiger partial charge in [-0.3, -0.25) is 9.59 Å². The molecular formula is C19H20FNO4. The lowest BCUT2D eigenvalue weighted by atomic mass is 10.1. The van der Waals surface area contributed by atoms with Gasteiger partial charge in [-0.2, -0.15) is 0 Å². The molecule has 25 heavy (non-hydrogen) atoms. The third-order valence-corrected chi connectivity index (χ3v) is 3.57. The molecule has 6 heteroatoms. The van der Waals surface area contributed by atoms with Crippen LogP contribution in [0, 0.1) is 5.82 Å². The van der Waals surface area contributed by atoms with Crippen LogP contribution in [0.15, 0.2) is 48.5 Å². The molecule has 0 saturated carbocycles. The predicted octanol–water partition coefficient (Wildman–Crippen LogP) is 3.64. The number of amides is 1. The number of rotatable bonds is 7. The van der Waals surface area contributed by atoms with Gasteiger partial charge in [0.25, 0.3) is 5.91 Å². The Balaban J connectivity index is 1.97. The van der Waals surface area contributed by atoms with Crippen molar-refractivity contribution in [3.8, 4) is 5.75 Å². The second-order valence-electron chi connectivity index (χ2n) is 6.11. The lowest BCUT2D eigenvalue weighted by Crippen LogP contribution is -2.42. The van der Waals surface area contributed by atoms with Crippen molar-refractivity contribution in [2.75, 3.05) is 5.32 Å². The van der Waals surface area contributed by atoms with Crippen molar-refractivity contribution < 1.29 is 23.8 Å². The summed E-state index contributed by atoms with van der Waals surface area (Å²) in [7, 11) is 0. The molecule has 2 N–H and O–H groups in total. The summed E-state index contributed by atoms with van der Waals surface area (Å²) in [5.41, 5.74) is 0.307. The molecule has 0 saturated heterocycles. The van der Waals surface area contributed by atoms with Crippen molar-refractivity contribution in [2.45, 2.75) is 32.3 Å². The monoisotopic (exact) mass is 345 g/mol. The summed E-state index contributed by atoms with van der Waals surface area (Å²) in [5.74, 6) is -1.18. The van der Waals surface area contributed by atoms with Crippen LogP contribution in [0.3, 0.4) is 0 Å². The maximum absolute atomic E-state index is 12.9. The number of aryl methyl sites for hydroxylation is 1. The number of anilines is 1. The van der Waals surface area contributed by atoms with Gasteiger partial charge >= 0.3 is 5.97 Å². The Kier molecular flexibility index (Phi) is 5.75. The highest BCUT2D eigenvalue weighted by molar-refractivity contribution is 5.97. The maximum atomic E-state index is 12.9. The highest BCUT2D eigenvalue weighted by Gasteiger charge is 2.30. The van der Waals surface area contributed by atoms with E-state index < -0.39 is 11.6 Å². The first kappa shape index (κ1) is 18.4. The van der Waals surface area contributed by atoms with Gasteiger partial charge in [-0.1, -0.05) is 12.1 Å². The van der Waals surface area contributed by atoms with E-state index in [-0.39, 0.29) is 18.1 Å². The van der Waals surface area contributed by atoms with Crippen LogP contribution < -0.4 is 10.1 Å². The molecule has 0 spiro atoms. The van der Waals surface area contributed by atoms with Gasteiger partial charge in [-0.05, 0) is 62.2 Å². The van der Waals surface area contributed by atoms with Crippen LogP contribution in [0.5, 0.6) is 5.75 Å². The first-order chi connectivity index (χ1) is 11.8. The summed E-state index contributed by atoms with van der Waals surface area (Å²) in [4.78, 5) is 23.0. The molecule has 0 aromatic heterocycles. The first-order valence-electron chi connectivity index (χ1n) is 7.83. The number of carbonyl (C=O) groups is 2. The van der Waals surface area contributed by atoms with Crippen LogP contribution in [0.2, 0.25) is 0 Å². The van der Waals surface area contributed by atoms with Crippen LogP contribution in [0.1, 0.15) is 25.8 Å². The third kappa shape index (κ3) is 5.60. The average molecular weight is 345 g/mol. The molecule has 0 aliphatic rings. The SMILES string of the molecule is CC(C)(Oc1ccc(F)cc1)C(=O)Nc1ccc(CCC(=O)O)cc1. The quantitative estimate of drug-likeness (QED) is 0.803. The minimum Gasteiger partial charge on any atom is -0.481 e. The molecule has 0 radical (unpaired) electrons. The van der Waals surface area contributed by atoms with Crippen molar-refractivity contribution >= 4 is 17.6 Å². The lowest BCUT2D eigenvalue weighted by molar-refractivity contribution is -0.137. The Labute approximate surface area is 145 Å². The summed E-state index contributed by atoms with van der Waals surface area (Å²) >= 11 is 0. The van der Waals surface area contributed by atoms with E-state index in [9.17, 15) is 14.0 Å². The van der Waals surface area contributed by atoms with E-state index in [1.54, 1.807) is 38.1 Å². The van der Waals surface area contributed by atoms with Crippen molar-refractivity contribution in [3.05, 3.63) is 59.9 Å². The van der Waals surface area contributed by atoms with E-state index in [0.29, 0.717) is 17.9 Å². The number of carbonyl (C=O) groups excluding carboxylic acids is 1. The van der Waals surface area contributed by atoms with Crippen molar-refractivity contribution in [1.82, 2.24) is 0 Å². The molecule has 0 aliphatic heterocycles. The molecule has 0 fully saturated rings. The number of carboxylic acid groups (broad SMARTS) is 1. The van der Waals surface area contributed by atoms with Crippen LogP contribution >= 0.6 is 0 Å². The lowest BCUT2D eigenvalue weighted by Gasteiger charge is -2.25. The number of hydrogen-bond acceptors (Lipinski definition) is 3. The Morgan fingerprint density at radius 1 is 1.08 bits per heavy atom. The largest absolute Gasteiger partial charge is 0.481 e. The molecule has 5 nitrogen and oxygen atoms in total. The normalized spacial score (nSPS) is 11.0. The van der Waals surface area contributed by atoms with Gasteiger partial charge in [-0.15, -0.1) is 0 Å². The van der Waals surface area contributed by atoms with E-state index in [2.05, 4.69) is 5.32 Å². The fourth-order valence-electron chi connectivity index (χ4n) is 2.13. The Bertz CT molecular complexity index is 739. The minimum absolute atomic E-state index is 0.0598. The van der Waals surface area contributed by atoms with Crippen LogP contribution in [-0.4, -0.2) is 22.6 Å². The fourth-order valence-corrected chi connectivity index (χ4v) is 2.13. The number of halogens is 1. The van der Waals surface area contributed by atoms with E-state index >= 15 is 0 Å². The molecule has 0 heterocycles.